The number of nitrogens with one attached hydrogen (secondary N) is 3. The molecular weight excluding hydrogens is 804 g/mol. The number of hydrogen-bond donors (Lipinski definition) is 3. The van der Waals surface area contributed by atoms with Gasteiger partial charge in [-0.3, -0.25) is 24.0 Å². The van der Waals surface area contributed by atoms with Crippen LogP contribution in [0.4, 0.5) is 14.0 Å². The standard InChI is InChI=1S/C39H46Cl2FN5O9S/c1-38(2,3)56-36(51)43-31-13-8-6-4-5-7-11-25-18-39(25,35(50)45-57(53,54)22-24-16-26(40)14-15-29(24)41)44-33(48)32-17-27(20-47(32)34(31)49)55-37(52)46-19-23-10-9-12-30(42)28(23)21-46/h7,9-12,14-16,25,27,31-32H,4-6,8,13,17-22H2,1-3H3,(H,43,51)(H,44,48)(H,45,50)/b11-7-/t25-,27+,31-,32-,39+/m0/s1. The quantitative estimate of drug-likeness (QED) is 0.317. The van der Waals surface area contributed by atoms with Gasteiger partial charge in [-0.05, 0) is 81.8 Å². The summed E-state index contributed by atoms with van der Waals surface area (Å²) in [5.41, 5.74) is -1.39. The normalized spacial score (nSPS) is 25.8. The highest BCUT2D eigenvalue weighted by molar-refractivity contribution is 7.89. The van der Waals surface area contributed by atoms with Gasteiger partial charge in [-0.25, -0.2) is 22.4 Å². The monoisotopic (exact) mass is 849 g/mol. The number of benzene rings is 2. The summed E-state index contributed by atoms with van der Waals surface area (Å²) in [7, 11) is -4.35. The second-order valence-electron chi connectivity index (χ2n) is 15.9. The lowest BCUT2D eigenvalue weighted by molar-refractivity contribution is -0.141. The molecule has 5 amide bonds. The third-order valence-electron chi connectivity index (χ3n) is 10.4. The van der Waals surface area contributed by atoms with E-state index in [2.05, 4.69) is 15.4 Å². The highest BCUT2D eigenvalue weighted by Crippen LogP contribution is 2.46. The van der Waals surface area contributed by atoms with Crippen molar-refractivity contribution in [2.45, 2.75) is 114 Å². The number of allylic oxidation sites excluding steroid dienone is 1. The van der Waals surface area contributed by atoms with Crippen LogP contribution < -0.4 is 15.4 Å². The molecule has 57 heavy (non-hydrogen) atoms. The lowest BCUT2D eigenvalue weighted by atomic mass is 10.0. The zero-order chi connectivity index (χ0) is 41.3. The molecule has 3 N–H and O–H groups in total. The minimum atomic E-state index is -4.35. The molecule has 0 bridgehead atoms. The summed E-state index contributed by atoms with van der Waals surface area (Å²) in [4.78, 5) is 71.6. The maximum atomic E-state index is 14.5. The number of hydrogen-bond acceptors (Lipinski definition) is 9. The molecule has 3 aliphatic heterocycles. The molecule has 1 saturated carbocycles. The van der Waals surface area contributed by atoms with Crippen LogP contribution in [0, 0.1) is 11.7 Å². The number of sulfonamides is 1. The Kier molecular flexibility index (Phi) is 12.5. The fraction of sp³-hybridized carbons (Fsp3) is 0.513. The van der Waals surface area contributed by atoms with Crippen LogP contribution in [0.5, 0.6) is 0 Å². The number of halogens is 3. The van der Waals surface area contributed by atoms with Crippen LogP contribution in [-0.2, 0) is 52.7 Å². The van der Waals surface area contributed by atoms with Crippen LogP contribution in [0.15, 0.2) is 48.6 Å². The molecule has 0 aromatic heterocycles. The first-order chi connectivity index (χ1) is 26.8. The third kappa shape index (κ3) is 10.2. The van der Waals surface area contributed by atoms with Crippen molar-refractivity contribution >= 4 is 63.1 Å². The predicted octanol–water partition coefficient (Wildman–Crippen LogP) is 5.49. The number of fused-ring (bicyclic) bond motifs is 3. The summed E-state index contributed by atoms with van der Waals surface area (Å²) in [5, 5.41) is 5.80. The van der Waals surface area contributed by atoms with Crippen molar-refractivity contribution in [1.82, 2.24) is 25.2 Å². The van der Waals surface area contributed by atoms with Gasteiger partial charge in [-0.15, -0.1) is 0 Å². The Morgan fingerprint density at radius 1 is 1.07 bits per heavy atom. The Balaban J connectivity index is 1.26. The summed E-state index contributed by atoms with van der Waals surface area (Å²) in [6.07, 6.45) is 3.69. The van der Waals surface area contributed by atoms with E-state index >= 15 is 0 Å². The summed E-state index contributed by atoms with van der Waals surface area (Å²) in [6.45, 7) is 4.88. The second kappa shape index (κ2) is 16.8. The van der Waals surface area contributed by atoms with E-state index in [4.69, 9.17) is 32.7 Å². The first-order valence-electron chi connectivity index (χ1n) is 18.8. The van der Waals surface area contributed by atoms with Gasteiger partial charge >= 0.3 is 12.2 Å². The minimum Gasteiger partial charge on any atom is -0.444 e. The molecule has 2 aromatic carbocycles. The zero-order valence-corrected chi connectivity index (χ0v) is 34.1. The molecule has 0 spiro atoms. The SMILES string of the molecule is CC(C)(C)OC(=O)N[C@H]1CCCCC/C=C\[C@H]2C[C@@]2(C(=O)NS(=O)(=O)Cc2cc(Cl)ccc2Cl)NC(=O)[C@@H]2C[C@@H](OC(=O)N3Cc4cccc(F)c4C3)CN2C1=O. The fourth-order valence-electron chi connectivity index (χ4n) is 7.47. The van der Waals surface area contributed by atoms with Crippen LogP contribution in [0.2, 0.25) is 10.0 Å². The highest BCUT2D eigenvalue weighted by Gasteiger charge is 2.61. The van der Waals surface area contributed by atoms with E-state index in [1.165, 1.54) is 34.1 Å². The number of carbonyl (C=O) groups excluding carboxylic acids is 5. The number of ether oxygens (including phenoxy) is 2. The summed E-state index contributed by atoms with van der Waals surface area (Å²) < 4.78 is 54.5. The van der Waals surface area contributed by atoms with E-state index in [1.807, 2.05) is 6.08 Å². The number of amides is 5. The van der Waals surface area contributed by atoms with Crippen molar-refractivity contribution < 1.29 is 46.3 Å². The maximum Gasteiger partial charge on any atom is 0.410 e. The number of carbonyl (C=O) groups is 5. The molecule has 0 unspecified atom stereocenters. The van der Waals surface area contributed by atoms with Gasteiger partial charge in [0, 0.05) is 34.5 Å². The topological polar surface area (TPSA) is 181 Å². The van der Waals surface area contributed by atoms with E-state index in [-0.39, 0.29) is 54.5 Å². The molecule has 308 valence electrons. The van der Waals surface area contributed by atoms with Crippen LogP contribution >= 0.6 is 23.2 Å². The Bertz CT molecular complexity index is 2080. The van der Waals surface area contributed by atoms with Gasteiger partial charge in [0.25, 0.3) is 5.91 Å². The zero-order valence-electron chi connectivity index (χ0n) is 31.8. The number of alkyl carbamates (subject to hydrolysis) is 1. The maximum absolute atomic E-state index is 14.5. The Hall–Kier alpha value is -4.41. The molecule has 14 nitrogen and oxygen atoms in total. The average Bonchev–Trinajstić information content (AvgIpc) is 3.40. The smallest absolute Gasteiger partial charge is 0.410 e. The van der Waals surface area contributed by atoms with Gasteiger partial charge in [0.2, 0.25) is 21.8 Å². The molecule has 1 saturated heterocycles. The van der Waals surface area contributed by atoms with Crippen LogP contribution in [-0.4, -0.2) is 84.0 Å². The molecule has 3 heterocycles. The van der Waals surface area contributed by atoms with E-state index in [0.29, 0.717) is 36.8 Å². The van der Waals surface area contributed by atoms with Crippen LogP contribution in [0.25, 0.3) is 0 Å². The van der Waals surface area contributed by atoms with Crippen molar-refractivity contribution in [1.29, 1.82) is 0 Å². The van der Waals surface area contributed by atoms with Gasteiger partial charge < -0.3 is 25.0 Å². The van der Waals surface area contributed by atoms with E-state index in [0.717, 1.165) is 0 Å². The van der Waals surface area contributed by atoms with Gasteiger partial charge in [0.15, 0.2) is 0 Å². The Morgan fingerprint density at radius 3 is 2.58 bits per heavy atom. The Labute approximate surface area is 340 Å². The van der Waals surface area contributed by atoms with Gasteiger partial charge in [0.1, 0.15) is 35.1 Å². The Morgan fingerprint density at radius 2 is 1.84 bits per heavy atom. The molecule has 5 atom stereocenters. The first kappa shape index (κ1) is 42.2. The van der Waals surface area contributed by atoms with Crippen molar-refractivity contribution in [3.63, 3.8) is 0 Å². The molecule has 4 aliphatic rings. The molecule has 2 fully saturated rings. The summed E-state index contributed by atoms with van der Waals surface area (Å²) in [6, 6.07) is 6.46. The largest absolute Gasteiger partial charge is 0.444 e. The lowest BCUT2D eigenvalue weighted by Crippen LogP contribution is -2.58. The van der Waals surface area contributed by atoms with Crippen LogP contribution in [0.1, 0.15) is 82.4 Å². The van der Waals surface area contributed by atoms with Crippen LogP contribution in [0.3, 0.4) is 0 Å². The molecule has 1 aliphatic carbocycles. The molecular formula is C39H46Cl2FN5O9S. The molecule has 18 heteroatoms. The highest BCUT2D eigenvalue weighted by atomic mass is 35.5. The average molecular weight is 851 g/mol. The van der Waals surface area contributed by atoms with E-state index in [1.54, 1.807) is 39.0 Å². The molecule has 2 aromatic rings. The third-order valence-corrected chi connectivity index (χ3v) is 12.2. The van der Waals surface area contributed by atoms with Crippen molar-refractivity contribution in [3.05, 3.63) is 81.1 Å². The predicted molar refractivity (Wildman–Crippen MR) is 208 cm³/mol. The number of rotatable bonds is 6. The van der Waals surface area contributed by atoms with Gasteiger partial charge in [0.05, 0.1) is 18.8 Å². The van der Waals surface area contributed by atoms with Crippen molar-refractivity contribution in [2.75, 3.05) is 6.54 Å². The lowest BCUT2D eigenvalue weighted by Gasteiger charge is -2.30. The molecule has 6 rings (SSSR count). The summed E-state index contributed by atoms with van der Waals surface area (Å²) in [5.74, 6) is -4.08. The molecule has 0 radical (unpaired) electrons. The van der Waals surface area contributed by atoms with Crippen molar-refractivity contribution in [2.24, 2.45) is 5.92 Å². The van der Waals surface area contributed by atoms with Gasteiger partial charge in [-0.1, -0.05) is 60.3 Å². The van der Waals surface area contributed by atoms with Crippen molar-refractivity contribution in [3.8, 4) is 0 Å². The number of nitrogens with zero attached hydrogens (tertiary/aromatic N) is 2. The minimum absolute atomic E-state index is 0.0268. The van der Waals surface area contributed by atoms with E-state index < -0.39 is 86.7 Å². The fourth-order valence-corrected chi connectivity index (χ4v) is 9.11. The van der Waals surface area contributed by atoms with E-state index in [9.17, 15) is 36.8 Å². The second-order valence-corrected chi connectivity index (χ2v) is 18.5. The van der Waals surface area contributed by atoms with Gasteiger partial charge in [-0.2, -0.15) is 0 Å². The first-order valence-corrected chi connectivity index (χ1v) is 21.2. The summed E-state index contributed by atoms with van der Waals surface area (Å²) >= 11 is 12.3.